The van der Waals surface area contributed by atoms with Crippen LogP contribution in [0.4, 0.5) is 11.4 Å². The molecule has 1 saturated carbocycles. The summed E-state index contributed by atoms with van der Waals surface area (Å²) in [5.41, 5.74) is 1.42. The SMILES string of the molecule is [C-]#[N+]c1cnc2c(ccn2S(=O)(=O)c2ccccc2)c1N[C@H]1CC(NS(=O)(=O)c2cccc3nonc23)C[C@H]1CC. The minimum absolute atomic E-state index is 0.00666. The molecule has 0 spiro atoms. The van der Waals surface area contributed by atoms with Gasteiger partial charge in [-0.1, -0.05) is 37.6 Å². The van der Waals surface area contributed by atoms with Crippen molar-refractivity contribution in [2.45, 2.75) is 48.1 Å². The summed E-state index contributed by atoms with van der Waals surface area (Å²) in [4.78, 5) is 8.05. The Hall–Kier alpha value is -4.32. The van der Waals surface area contributed by atoms with Crippen LogP contribution in [0.15, 0.2) is 81.4 Å². The van der Waals surface area contributed by atoms with Gasteiger partial charge in [-0.05, 0) is 59.4 Å². The number of anilines is 1. The number of sulfonamides is 1. The fraction of sp³-hybridized carbons (Fsp3) is 0.259. The van der Waals surface area contributed by atoms with E-state index in [0.29, 0.717) is 29.4 Å². The molecule has 41 heavy (non-hydrogen) atoms. The highest BCUT2D eigenvalue weighted by atomic mass is 32.2. The number of pyridine rings is 1. The van der Waals surface area contributed by atoms with E-state index in [2.05, 4.69) is 30.2 Å². The molecule has 3 aromatic heterocycles. The van der Waals surface area contributed by atoms with Crippen molar-refractivity contribution >= 4 is 53.5 Å². The standard InChI is InChI=1S/C27H25N7O5S2/c1-3-17-14-18(33-40(35,36)24-11-7-10-21-26(24)32-39-31-21)15-22(17)30-25-20-12-13-34(27(20)29-16-23(25)28-2)41(37,38)19-8-5-4-6-9-19/h4-13,16-18,22,33H,3,14-15H2,1H3,(H,29,30)/t17-,18?,22+/m1/s1. The fourth-order valence-corrected chi connectivity index (χ4v) is 8.24. The number of hydrogen-bond donors (Lipinski definition) is 2. The zero-order valence-electron chi connectivity index (χ0n) is 21.8. The zero-order valence-corrected chi connectivity index (χ0v) is 23.4. The number of nitrogens with zero attached hydrogens (tertiary/aromatic N) is 5. The summed E-state index contributed by atoms with van der Waals surface area (Å²) < 4.78 is 61.9. The first-order chi connectivity index (χ1) is 19.7. The Labute approximate surface area is 236 Å². The average Bonchev–Trinajstić information content (AvgIpc) is 3.71. The van der Waals surface area contributed by atoms with Crippen LogP contribution >= 0.6 is 0 Å². The molecule has 0 radical (unpaired) electrons. The van der Waals surface area contributed by atoms with Gasteiger partial charge in [0.2, 0.25) is 15.7 Å². The molecule has 3 atom stereocenters. The third kappa shape index (κ3) is 4.71. The quantitative estimate of drug-likeness (QED) is 0.251. The van der Waals surface area contributed by atoms with Crippen molar-refractivity contribution in [1.29, 1.82) is 0 Å². The molecule has 0 aliphatic heterocycles. The summed E-state index contributed by atoms with van der Waals surface area (Å²) in [6, 6.07) is 13.8. The Morgan fingerprint density at radius 2 is 1.85 bits per heavy atom. The molecule has 1 unspecified atom stereocenters. The van der Waals surface area contributed by atoms with Crippen molar-refractivity contribution in [2.24, 2.45) is 5.92 Å². The zero-order chi connectivity index (χ0) is 28.8. The minimum atomic E-state index is -3.92. The Kier molecular flexibility index (Phi) is 6.72. The molecule has 1 aliphatic carbocycles. The maximum absolute atomic E-state index is 13.3. The van der Waals surface area contributed by atoms with E-state index in [9.17, 15) is 16.8 Å². The minimum Gasteiger partial charge on any atom is -0.390 e. The van der Waals surface area contributed by atoms with E-state index in [1.807, 2.05) is 6.92 Å². The molecule has 6 rings (SSSR count). The highest BCUT2D eigenvalue weighted by molar-refractivity contribution is 7.90. The van der Waals surface area contributed by atoms with Gasteiger partial charge in [0.05, 0.1) is 17.2 Å². The summed E-state index contributed by atoms with van der Waals surface area (Å²) in [6.07, 6.45) is 4.59. The van der Waals surface area contributed by atoms with Crippen LogP contribution in [0.25, 0.3) is 26.9 Å². The number of benzene rings is 2. The Balaban J connectivity index is 1.30. The predicted molar refractivity (Wildman–Crippen MR) is 151 cm³/mol. The highest BCUT2D eigenvalue weighted by Crippen LogP contribution is 2.39. The van der Waals surface area contributed by atoms with Crippen molar-refractivity contribution in [3.63, 3.8) is 0 Å². The van der Waals surface area contributed by atoms with Crippen LogP contribution in [-0.4, -0.2) is 48.2 Å². The summed E-state index contributed by atoms with van der Waals surface area (Å²) in [7, 11) is -7.84. The molecule has 1 aliphatic rings. The largest absolute Gasteiger partial charge is 0.390 e. The normalized spacial score (nSPS) is 19.5. The smallest absolute Gasteiger partial charge is 0.269 e. The maximum atomic E-state index is 13.3. The van der Waals surface area contributed by atoms with E-state index in [0.717, 1.165) is 10.4 Å². The van der Waals surface area contributed by atoms with Gasteiger partial charge in [0.25, 0.3) is 10.0 Å². The predicted octanol–water partition coefficient (Wildman–Crippen LogP) is 4.31. The number of aromatic nitrogens is 4. The molecule has 0 amide bonds. The van der Waals surface area contributed by atoms with Gasteiger partial charge < -0.3 is 5.32 Å². The summed E-state index contributed by atoms with van der Waals surface area (Å²) >= 11 is 0. The van der Waals surface area contributed by atoms with E-state index in [1.54, 1.807) is 36.4 Å². The van der Waals surface area contributed by atoms with Gasteiger partial charge >= 0.3 is 0 Å². The third-order valence-corrected chi connectivity index (χ3v) is 10.7. The molecule has 0 saturated heterocycles. The van der Waals surface area contributed by atoms with Gasteiger partial charge in [0, 0.05) is 29.9 Å². The molecule has 0 bridgehead atoms. The fourth-order valence-electron chi connectivity index (χ4n) is 5.50. The Morgan fingerprint density at radius 1 is 1.05 bits per heavy atom. The topological polar surface area (TPSA) is 153 Å². The van der Waals surface area contributed by atoms with E-state index in [1.165, 1.54) is 30.6 Å². The first-order valence-corrected chi connectivity index (χ1v) is 15.8. The molecular weight excluding hydrogens is 566 g/mol. The summed E-state index contributed by atoms with van der Waals surface area (Å²) in [5.74, 6) is 0.0872. The molecule has 14 heteroatoms. The van der Waals surface area contributed by atoms with E-state index in [4.69, 9.17) is 11.2 Å². The van der Waals surface area contributed by atoms with Crippen molar-refractivity contribution in [3.8, 4) is 0 Å². The lowest BCUT2D eigenvalue weighted by atomic mass is 10.00. The highest BCUT2D eigenvalue weighted by Gasteiger charge is 2.37. The lowest BCUT2D eigenvalue weighted by Crippen LogP contribution is -2.34. The van der Waals surface area contributed by atoms with E-state index >= 15 is 0 Å². The van der Waals surface area contributed by atoms with Crippen LogP contribution in [0, 0.1) is 12.5 Å². The van der Waals surface area contributed by atoms with Crippen molar-refractivity contribution in [3.05, 3.63) is 78.4 Å². The van der Waals surface area contributed by atoms with Crippen LogP contribution in [0.1, 0.15) is 26.2 Å². The van der Waals surface area contributed by atoms with Crippen molar-refractivity contribution in [1.82, 2.24) is 24.0 Å². The van der Waals surface area contributed by atoms with Crippen LogP contribution in [0.2, 0.25) is 0 Å². The molecule has 210 valence electrons. The number of nitrogens with one attached hydrogen (secondary N) is 2. The molecular formula is C27H25N7O5S2. The van der Waals surface area contributed by atoms with E-state index in [-0.39, 0.29) is 44.6 Å². The molecule has 3 heterocycles. The van der Waals surface area contributed by atoms with Crippen LogP contribution in [-0.2, 0) is 20.0 Å². The number of hydrogen-bond acceptors (Lipinski definition) is 9. The van der Waals surface area contributed by atoms with Crippen molar-refractivity contribution in [2.75, 3.05) is 5.32 Å². The molecule has 5 aromatic rings. The van der Waals surface area contributed by atoms with Gasteiger partial charge in [-0.2, -0.15) is 0 Å². The lowest BCUT2D eigenvalue weighted by molar-refractivity contribution is 0.315. The molecule has 1 fully saturated rings. The maximum Gasteiger partial charge on any atom is 0.269 e. The van der Waals surface area contributed by atoms with Gasteiger partial charge in [-0.25, -0.2) is 40.0 Å². The van der Waals surface area contributed by atoms with Gasteiger partial charge in [-0.3, -0.25) is 0 Å². The first-order valence-electron chi connectivity index (χ1n) is 12.9. The molecule has 12 nitrogen and oxygen atoms in total. The third-order valence-electron chi connectivity index (χ3n) is 7.49. The first kappa shape index (κ1) is 26.9. The average molecular weight is 592 g/mol. The monoisotopic (exact) mass is 591 g/mol. The summed E-state index contributed by atoms with van der Waals surface area (Å²) in [6.45, 7) is 9.73. The second-order valence-electron chi connectivity index (χ2n) is 9.89. The van der Waals surface area contributed by atoms with Gasteiger partial charge in [0.15, 0.2) is 11.2 Å². The summed E-state index contributed by atoms with van der Waals surface area (Å²) in [5, 5.41) is 11.4. The lowest BCUT2D eigenvalue weighted by Gasteiger charge is -2.22. The second kappa shape index (κ2) is 10.3. The Morgan fingerprint density at radius 3 is 2.61 bits per heavy atom. The second-order valence-corrected chi connectivity index (χ2v) is 13.4. The molecule has 2 N–H and O–H groups in total. The van der Waals surface area contributed by atoms with Crippen LogP contribution < -0.4 is 10.0 Å². The van der Waals surface area contributed by atoms with Crippen LogP contribution in [0.5, 0.6) is 0 Å². The van der Waals surface area contributed by atoms with Gasteiger partial charge in [-0.15, -0.1) is 0 Å². The Bertz CT molecular complexity index is 2020. The molecule has 2 aromatic carbocycles. The van der Waals surface area contributed by atoms with Crippen LogP contribution in [0.3, 0.4) is 0 Å². The number of fused-ring (bicyclic) bond motifs is 2. The van der Waals surface area contributed by atoms with Crippen molar-refractivity contribution < 1.29 is 21.5 Å². The van der Waals surface area contributed by atoms with E-state index < -0.39 is 20.0 Å². The van der Waals surface area contributed by atoms with Gasteiger partial charge in [0.1, 0.15) is 10.4 Å². The number of rotatable bonds is 8.